The molecule has 0 atom stereocenters. The molecule has 4 heteroatoms. The zero-order valence-electron chi connectivity index (χ0n) is 10.4. The van der Waals surface area contributed by atoms with Gasteiger partial charge >= 0.3 is 0 Å². The number of rotatable bonds is 3. The Kier molecular flexibility index (Phi) is 4.77. The van der Waals surface area contributed by atoms with Crippen molar-refractivity contribution >= 4 is 11.8 Å². The largest absolute Gasteiger partial charge is 0.359 e. The second-order valence-electron chi connectivity index (χ2n) is 4.83. The van der Waals surface area contributed by atoms with Crippen LogP contribution in [0.15, 0.2) is 0 Å². The number of amides is 2. The summed E-state index contributed by atoms with van der Waals surface area (Å²) < 4.78 is 0. The summed E-state index contributed by atoms with van der Waals surface area (Å²) in [4.78, 5) is 22.9. The van der Waals surface area contributed by atoms with Crippen LogP contribution in [0.3, 0.4) is 0 Å². The van der Waals surface area contributed by atoms with Crippen molar-refractivity contribution in [3.63, 3.8) is 0 Å². The first-order chi connectivity index (χ1) is 7.54. The monoisotopic (exact) mass is 226 g/mol. The molecule has 0 aromatic carbocycles. The standard InChI is InChI=1S/C12H22N2O2/c1-8(2)11(15)14-10-6-4-9(5-7-10)12(16)13-3/h8-10H,4-7H2,1-3H3,(H,13,16)(H,14,15)/t9-,10-. The molecule has 1 saturated carbocycles. The summed E-state index contributed by atoms with van der Waals surface area (Å²) in [6.07, 6.45) is 3.58. The molecule has 2 amide bonds. The second-order valence-corrected chi connectivity index (χ2v) is 4.83. The third-order valence-corrected chi connectivity index (χ3v) is 3.22. The highest BCUT2D eigenvalue weighted by Crippen LogP contribution is 2.24. The van der Waals surface area contributed by atoms with Crippen LogP contribution in [0.2, 0.25) is 0 Å². The molecule has 2 N–H and O–H groups in total. The van der Waals surface area contributed by atoms with E-state index in [2.05, 4.69) is 10.6 Å². The van der Waals surface area contributed by atoms with Gasteiger partial charge in [0.1, 0.15) is 0 Å². The average Bonchev–Trinajstić information content (AvgIpc) is 2.28. The number of hydrogen-bond acceptors (Lipinski definition) is 2. The van der Waals surface area contributed by atoms with E-state index in [1.165, 1.54) is 0 Å². The minimum absolute atomic E-state index is 0.0386. The van der Waals surface area contributed by atoms with E-state index in [0.29, 0.717) is 0 Å². The lowest BCUT2D eigenvalue weighted by Gasteiger charge is -2.28. The SMILES string of the molecule is CNC(=O)[C@H]1CC[C@H](NC(=O)C(C)C)CC1. The van der Waals surface area contributed by atoms with Crippen molar-refractivity contribution in [1.29, 1.82) is 0 Å². The van der Waals surface area contributed by atoms with E-state index in [-0.39, 0.29) is 29.7 Å². The molecule has 1 aliphatic carbocycles. The molecular formula is C12H22N2O2. The van der Waals surface area contributed by atoms with Gasteiger partial charge in [0.2, 0.25) is 11.8 Å². The van der Waals surface area contributed by atoms with Crippen LogP contribution in [0.5, 0.6) is 0 Å². The van der Waals surface area contributed by atoms with Gasteiger partial charge in [-0.15, -0.1) is 0 Å². The third-order valence-electron chi connectivity index (χ3n) is 3.22. The molecule has 1 rings (SSSR count). The fraction of sp³-hybridized carbons (Fsp3) is 0.833. The number of nitrogens with one attached hydrogen (secondary N) is 2. The molecule has 0 radical (unpaired) electrons. The van der Waals surface area contributed by atoms with Gasteiger partial charge in [-0.3, -0.25) is 9.59 Å². The molecule has 0 saturated heterocycles. The fourth-order valence-corrected chi connectivity index (χ4v) is 2.07. The van der Waals surface area contributed by atoms with Crippen LogP contribution < -0.4 is 10.6 Å². The van der Waals surface area contributed by atoms with Gasteiger partial charge in [-0.2, -0.15) is 0 Å². The topological polar surface area (TPSA) is 58.2 Å². The quantitative estimate of drug-likeness (QED) is 0.756. The summed E-state index contributed by atoms with van der Waals surface area (Å²) >= 11 is 0. The van der Waals surface area contributed by atoms with Crippen LogP contribution in [0.4, 0.5) is 0 Å². The summed E-state index contributed by atoms with van der Waals surface area (Å²) in [5.41, 5.74) is 0. The third kappa shape index (κ3) is 3.51. The van der Waals surface area contributed by atoms with Crippen molar-refractivity contribution in [2.24, 2.45) is 11.8 Å². The van der Waals surface area contributed by atoms with Gasteiger partial charge in [-0.25, -0.2) is 0 Å². The maximum atomic E-state index is 11.5. The minimum atomic E-state index is 0.0386. The molecule has 0 aromatic heterocycles. The first-order valence-corrected chi connectivity index (χ1v) is 6.06. The van der Waals surface area contributed by atoms with E-state index >= 15 is 0 Å². The lowest BCUT2D eigenvalue weighted by atomic mass is 9.85. The summed E-state index contributed by atoms with van der Waals surface area (Å²) in [6.45, 7) is 3.79. The van der Waals surface area contributed by atoms with Crippen LogP contribution in [-0.4, -0.2) is 24.9 Å². The Morgan fingerprint density at radius 2 is 1.69 bits per heavy atom. The number of carbonyl (C=O) groups excluding carboxylic acids is 2. The molecule has 0 aliphatic heterocycles. The van der Waals surface area contributed by atoms with E-state index in [1.807, 2.05) is 13.8 Å². The molecule has 0 heterocycles. The maximum Gasteiger partial charge on any atom is 0.222 e. The van der Waals surface area contributed by atoms with Gasteiger partial charge in [-0.1, -0.05) is 13.8 Å². The average molecular weight is 226 g/mol. The Morgan fingerprint density at radius 3 is 2.12 bits per heavy atom. The van der Waals surface area contributed by atoms with Crippen LogP contribution in [0.25, 0.3) is 0 Å². The normalized spacial score (nSPS) is 25.2. The molecule has 16 heavy (non-hydrogen) atoms. The van der Waals surface area contributed by atoms with Crippen LogP contribution in [0.1, 0.15) is 39.5 Å². The van der Waals surface area contributed by atoms with E-state index in [1.54, 1.807) is 7.05 Å². The first-order valence-electron chi connectivity index (χ1n) is 6.06. The Balaban J connectivity index is 2.32. The molecule has 0 aromatic rings. The van der Waals surface area contributed by atoms with Crippen molar-refractivity contribution in [2.45, 2.75) is 45.6 Å². The fourth-order valence-electron chi connectivity index (χ4n) is 2.07. The van der Waals surface area contributed by atoms with E-state index in [0.717, 1.165) is 25.7 Å². The van der Waals surface area contributed by atoms with Gasteiger partial charge in [0.15, 0.2) is 0 Å². The molecule has 1 fully saturated rings. The Labute approximate surface area is 97.2 Å². The second kappa shape index (κ2) is 5.87. The molecule has 1 aliphatic rings. The Morgan fingerprint density at radius 1 is 1.12 bits per heavy atom. The lowest BCUT2D eigenvalue weighted by Crippen LogP contribution is -2.41. The number of hydrogen-bond donors (Lipinski definition) is 2. The van der Waals surface area contributed by atoms with Gasteiger partial charge in [0, 0.05) is 24.9 Å². The highest BCUT2D eigenvalue weighted by atomic mass is 16.2. The summed E-state index contributed by atoms with van der Waals surface area (Å²) in [7, 11) is 1.68. The highest BCUT2D eigenvalue weighted by molar-refractivity contribution is 5.79. The highest BCUT2D eigenvalue weighted by Gasteiger charge is 2.26. The maximum absolute atomic E-state index is 11.5. The number of carbonyl (C=O) groups is 2. The van der Waals surface area contributed by atoms with Gasteiger partial charge < -0.3 is 10.6 Å². The van der Waals surface area contributed by atoms with Gasteiger partial charge in [0.05, 0.1) is 0 Å². The molecule has 4 nitrogen and oxygen atoms in total. The summed E-state index contributed by atoms with van der Waals surface area (Å²) in [5.74, 6) is 0.422. The van der Waals surface area contributed by atoms with Crippen molar-refractivity contribution < 1.29 is 9.59 Å². The first kappa shape index (κ1) is 13.0. The van der Waals surface area contributed by atoms with E-state index in [9.17, 15) is 9.59 Å². The molecular weight excluding hydrogens is 204 g/mol. The van der Waals surface area contributed by atoms with Gasteiger partial charge in [-0.05, 0) is 25.7 Å². The Bertz CT molecular complexity index is 256. The zero-order chi connectivity index (χ0) is 12.1. The lowest BCUT2D eigenvalue weighted by molar-refractivity contribution is -0.126. The van der Waals surface area contributed by atoms with Gasteiger partial charge in [0.25, 0.3) is 0 Å². The van der Waals surface area contributed by atoms with Crippen molar-refractivity contribution in [3.05, 3.63) is 0 Å². The molecule has 0 unspecified atom stereocenters. The van der Waals surface area contributed by atoms with Crippen LogP contribution >= 0.6 is 0 Å². The van der Waals surface area contributed by atoms with Crippen LogP contribution in [-0.2, 0) is 9.59 Å². The Hall–Kier alpha value is -1.06. The van der Waals surface area contributed by atoms with E-state index in [4.69, 9.17) is 0 Å². The predicted octanol–water partition coefficient (Wildman–Crippen LogP) is 1.06. The predicted molar refractivity (Wildman–Crippen MR) is 62.8 cm³/mol. The van der Waals surface area contributed by atoms with Crippen molar-refractivity contribution in [2.75, 3.05) is 7.05 Å². The smallest absolute Gasteiger partial charge is 0.222 e. The zero-order valence-corrected chi connectivity index (χ0v) is 10.4. The summed E-state index contributed by atoms with van der Waals surface area (Å²) in [6, 6.07) is 0.260. The minimum Gasteiger partial charge on any atom is -0.359 e. The molecule has 0 spiro atoms. The molecule has 0 bridgehead atoms. The van der Waals surface area contributed by atoms with Crippen LogP contribution in [0, 0.1) is 11.8 Å². The summed E-state index contributed by atoms with van der Waals surface area (Å²) in [5, 5.41) is 5.71. The molecule has 92 valence electrons. The van der Waals surface area contributed by atoms with Crippen molar-refractivity contribution in [1.82, 2.24) is 10.6 Å². The van der Waals surface area contributed by atoms with Crippen molar-refractivity contribution in [3.8, 4) is 0 Å². The van der Waals surface area contributed by atoms with E-state index < -0.39 is 0 Å².